The molecule has 0 fully saturated rings. The number of carbonyl (C=O) groups is 1. The number of rotatable bonds is 6. The van der Waals surface area contributed by atoms with Crippen molar-refractivity contribution in [3.05, 3.63) is 57.2 Å². The summed E-state index contributed by atoms with van der Waals surface area (Å²) in [5.74, 6) is 0.856. The van der Waals surface area contributed by atoms with Crippen LogP contribution in [-0.2, 0) is 0 Å². The van der Waals surface area contributed by atoms with Crippen LogP contribution in [0.1, 0.15) is 17.5 Å². The number of urea groups is 1. The molecule has 0 aromatic heterocycles. The van der Waals surface area contributed by atoms with Gasteiger partial charge in [-0.3, -0.25) is 0 Å². The minimum Gasteiger partial charge on any atom is -0.494 e. The number of amides is 2. The molecule has 2 aromatic carbocycles. The predicted molar refractivity (Wildman–Crippen MR) is 102 cm³/mol. The van der Waals surface area contributed by atoms with Gasteiger partial charge >= 0.3 is 6.03 Å². The van der Waals surface area contributed by atoms with E-state index in [0.717, 1.165) is 27.0 Å². The Kier molecular flexibility index (Phi) is 6.70. The first-order valence-electron chi connectivity index (χ1n) is 7.55. The molecule has 2 rings (SSSR count). The van der Waals surface area contributed by atoms with Crippen molar-refractivity contribution in [2.75, 3.05) is 18.5 Å². The summed E-state index contributed by atoms with van der Waals surface area (Å²) in [5, 5.41) is 5.69. The van der Waals surface area contributed by atoms with E-state index in [4.69, 9.17) is 4.74 Å². The molecule has 0 heterocycles. The van der Waals surface area contributed by atoms with Crippen molar-refractivity contribution in [2.24, 2.45) is 0 Å². The van der Waals surface area contributed by atoms with Crippen LogP contribution in [0.4, 0.5) is 10.5 Å². The lowest BCUT2D eigenvalue weighted by Gasteiger charge is -2.10. The third-order valence-corrected chi connectivity index (χ3v) is 4.00. The third kappa shape index (κ3) is 6.09. The lowest BCUT2D eigenvalue weighted by Crippen LogP contribution is -2.30. The van der Waals surface area contributed by atoms with Gasteiger partial charge in [-0.1, -0.05) is 17.7 Å². The molecule has 0 unspecified atom stereocenters. The van der Waals surface area contributed by atoms with Crippen molar-refractivity contribution in [3.63, 3.8) is 0 Å². The SMILES string of the molecule is Cc1ccc(OCCCNC(=O)Nc2ccc(I)cc2C)cc1. The van der Waals surface area contributed by atoms with Gasteiger partial charge in [0.05, 0.1) is 6.61 Å². The van der Waals surface area contributed by atoms with Crippen LogP contribution in [0.3, 0.4) is 0 Å². The minimum atomic E-state index is -0.190. The maximum absolute atomic E-state index is 11.9. The topological polar surface area (TPSA) is 50.4 Å². The Morgan fingerprint density at radius 3 is 2.57 bits per heavy atom. The summed E-state index contributed by atoms with van der Waals surface area (Å²) < 4.78 is 6.77. The van der Waals surface area contributed by atoms with Crippen LogP contribution >= 0.6 is 22.6 Å². The van der Waals surface area contributed by atoms with Crippen LogP contribution in [0.5, 0.6) is 5.75 Å². The van der Waals surface area contributed by atoms with E-state index in [9.17, 15) is 4.79 Å². The summed E-state index contributed by atoms with van der Waals surface area (Å²) in [5.41, 5.74) is 3.09. The lowest BCUT2D eigenvalue weighted by atomic mass is 10.2. The van der Waals surface area contributed by atoms with Crippen molar-refractivity contribution in [1.29, 1.82) is 0 Å². The molecule has 23 heavy (non-hydrogen) atoms. The zero-order chi connectivity index (χ0) is 16.7. The van der Waals surface area contributed by atoms with E-state index in [1.54, 1.807) is 0 Å². The first-order valence-corrected chi connectivity index (χ1v) is 8.63. The largest absolute Gasteiger partial charge is 0.494 e. The number of halogens is 1. The van der Waals surface area contributed by atoms with Crippen LogP contribution in [-0.4, -0.2) is 19.2 Å². The molecule has 2 N–H and O–H groups in total. The van der Waals surface area contributed by atoms with Crippen molar-refractivity contribution in [2.45, 2.75) is 20.3 Å². The van der Waals surface area contributed by atoms with Gasteiger partial charge in [-0.05, 0) is 78.8 Å². The first-order chi connectivity index (χ1) is 11.0. The molecule has 0 radical (unpaired) electrons. The Balaban J connectivity index is 1.65. The van der Waals surface area contributed by atoms with E-state index in [2.05, 4.69) is 33.2 Å². The summed E-state index contributed by atoms with van der Waals surface area (Å²) >= 11 is 2.25. The molecule has 0 spiro atoms. The molecule has 0 saturated carbocycles. The Bertz CT molecular complexity index is 657. The van der Waals surface area contributed by atoms with E-state index in [0.29, 0.717) is 13.2 Å². The number of nitrogens with one attached hydrogen (secondary N) is 2. The van der Waals surface area contributed by atoms with Crippen LogP contribution in [0.15, 0.2) is 42.5 Å². The molecular weight excluding hydrogens is 403 g/mol. The molecule has 0 aliphatic heterocycles. The number of hydrogen-bond donors (Lipinski definition) is 2. The molecule has 4 nitrogen and oxygen atoms in total. The predicted octanol–water partition coefficient (Wildman–Crippen LogP) is 4.50. The van der Waals surface area contributed by atoms with Crippen molar-refractivity contribution in [1.82, 2.24) is 5.32 Å². The van der Waals surface area contributed by atoms with Gasteiger partial charge in [0, 0.05) is 15.8 Å². The van der Waals surface area contributed by atoms with E-state index in [-0.39, 0.29) is 6.03 Å². The average molecular weight is 424 g/mol. The fourth-order valence-corrected chi connectivity index (χ4v) is 2.68. The zero-order valence-corrected chi connectivity index (χ0v) is 15.5. The number of carbonyl (C=O) groups excluding carboxylic acids is 1. The molecule has 0 aliphatic carbocycles. The molecule has 0 saturated heterocycles. The lowest BCUT2D eigenvalue weighted by molar-refractivity contribution is 0.250. The summed E-state index contributed by atoms with van der Waals surface area (Å²) in [6, 6.07) is 13.7. The molecule has 0 atom stereocenters. The van der Waals surface area contributed by atoms with Gasteiger partial charge < -0.3 is 15.4 Å². The summed E-state index contributed by atoms with van der Waals surface area (Å²) in [4.78, 5) is 11.9. The fourth-order valence-electron chi connectivity index (χ4n) is 2.03. The second kappa shape index (κ2) is 8.76. The maximum Gasteiger partial charge on any atom is 0.319 e. The monoisotopic (exact) mass is 424 g/mol. The van der Waals surface area contributed by atoms with Gasteiger partial charge in [0.15, 0.2) is 0 Å². The zero-order valence-electron chi connectivity index (χ0n) is 13.4. The molecule has 2 amide bonds. The molecule has 0 aliphatic rings. The first kappa shape index (κ1) is 17.6. The standard InChI is InChI=1S/C18H21IN2O2/c1-13-4-7-16(8-5-13)23-11-3-10-20-18(22)21-17-9-6-15(19)12-14(17)2/h4-9,12H,3,10-11H2,1-2H3,(H2,20,21,22). The van der Waals surface area contributed by atoms with Crippen LogP contribution in [0, 0.1) is 17.4 Å². The van der Waals surface area contributed by atoms with Gasteiger partial charge in [0.25, 0.3) is 0 Å². The number of ether oxygens (including phenoxy) is 1. The Hall–Kier alpha value is -1.76. The highest BCUT2D eigenvalue weighted by atomic mass is 127. The Morgan fingerprint density at radius 2 is 1.87 bits per heavy atom. The second-order valence-electron chi connectivity index (χ2n) is 5.36. The second-order valence-corrected chi connectivity index (χ2v) is 6.60. The van der Waals surface area contributed by atoms with Crippen LogP contribution in [0.2, 0.25) is 0 Å². The van der Waals surface area contributed by atoms with Crippen LogP contribution < -0.4 is 15.4 Å². The van der Waals surface area contributed by atoms with E-state index in [1.807, 2.05) is 56.3 Å². The smallest absolute Gasteiger partial charge is 0.319 e. The average Bonchev–Trinajstić information content (AvgIpc) is 2.51. The highest BCUT2D eigenvalue weighted by Crippen LogP contribution is 2.17. The highest BCUT2D eigenvalue weighted by molar-refractivity contribution is 14.1. The van der Waals surface area contributed by atoms with Crippen LogP contribution in [0.25, 0.3) is 0 Å². The highest BCUT2D eigenvalue weighted by Gasteiger charge is 2.04. The number of anilines is 1. The quantitative estimate of drug-likeness (QED) is 0.530. The minimum absolute atomic E-state index is 0.190. The van der Waals surface area contributed by atoms with Crippen molar-refractivity contribution < 1.29 is 9.53 Å². The number of benzene rings is 2. The van der Waals surface area contributed by atoms with Crippen molar-refractivity contribution in [3.8, 4) is 5.75 Å². The number of hydrogen-bond acceptors (Lipinski definition) is 2. The summed E-state index contributed by atoms with van der Waals surface area (Å²) in [7, 11) is 0. The van der Waals surface area contributed by atoms with E-state index in [1.165, 1.54) is 5.56 Å². The Morgan fingerprint density at radius 1 is 1.13 bits per heavy atom. The normalized spacial score (nSPS) is 10.2. The van der Waals surface area contributed by atoms with Gasteiger partial charge in [0.1, 0.15) is 5.75 Å². The van der Waals surface area contributed by atoms with E-state index < -0.39 is 0 Å². The van der Waals surface area contributed by atoms with E-state index >= 15 is 0 Å². The summed E-state index contributed by atoms with van der Waals surface area (Å²) in [6.07, 6.45) is 0.757. The van der Waals surface area contributed by atoms with Gasteiger partial charge in [-0.2, -0.15) is 0 Å². The van der Waals surface area contributed by atoms with Gasteiger partial charge in [-0.25, -0.2) is 4.79 Å². The van der Waals surface area contributed by atoms with Gasteiger partial charge in [0.2, 0.25) is 0 Å². The number of aryl methyl sites for hydroxylation is 2. The van der Waals surface area contributed by atoms with Gasteiger partial charge in [-0.15, -0.1) is 0 Å². The molecular formula is C18H21IN2O2. The molecule has 2 aromatic rings. The third-order valence-electron chi connectivity index (χ3n) is 3.33. The molecule has 122 valence electrons. The molecule has 5 heteroatoms. The maximum atomic E-state index is 11.9. The summed E-state index contributed by atoms with van der Waals surface area (Å²) in [6.45, 7) is 5.17. The van der Waals surface area contributed by atoms with Crippen molar-refractivity contribution >= 4 is 34.3 Å². The Labute approximate surface area is 150 Å². The fraction of sp³-hybridized carbons (Fsp3) is 0.278. The molecule has 0 bridgehead atoms.